The average molecular weight is 286 g/mol. The maximum atomic E-state index is 5.67. The monoisotopic (exact) mass is 285 g/mol. The Morgan fingerprint density at radius 1 is 1.62 bits per heavy atom. The van der Waals surface area contributed by atoms with Crippen LogP contribution in [0.25, 0.3) is 0 Å². The molecule has 1 fully saturated rings. The molecule has 2 atom stereocenters. The molecular formula is C11H16BrN3O. The fourth-order valence-electron chi connectivity index (χ4n) is 1.96. The van der Waals surface area contributed by atoms with Gasteiger partial charge < -0.3 is 9.64 Å². The van der Waals surface area contributed by atoms with Crippen molar-refractivity contribution in [3.63, 3.8) is 0 Å². The lowest BCUT2D eigenvalue weighted by Gasteiger charge is -2.39. The van der Waals surface area contributed by atoms with Crippen molar-refractivity contribution in [2.24, 2.45) is 0 Å². The third-order valence-corrected chi connectivity index (χ3v) is 3.42. The van der Waals surface area contributed by atoms with Gasteiger partial charge in [0.05, 0.1) is 23.2 Å². The van der Waals surface area contributed by atoms with Gasteiger partial charge >= 0.3 is 0 Å². The van der Waals surface area contributed by atoms with E-state index in [1.54, 1.807) is 12.5 Å². The van der Waals surface area contributed by atoms with Crippen molar-refractivity contribution in [2.75, 3.05) is 18.1 Å². The number of halogens is 1. The fourth-order valence-corrected chi connectivity index (χ4v) is 2.41. The summed E-state index contributed by atoms with van der Waals surface area (Å²) < 4.78 is 6.62. The Bertz CT molecular complexity index is 361. The van der Waals surface area contributed by atoms with Crippen LogP contribution in [-0.4, -0.2) is 35.3 Å². The normalized spacial score (nSPS) is 25.8. The van der Waals surface area contributed by atoms with Crippen molar-refractivity contribution >= 4 is 21.7 Å². The van der Waals surface area contributed by atoms with Crippen LogP contribution in [0.3, 0.4) is 0 Å². The summed E-state index contributed by atoms with van der Waals surface area (Å²) >= 11 is 3.50. The highest BCUT2D eigenvalue weighted by Crippen LogP contribution is 2.27. The zero-order valence-corrected chi connectivity index (χ0v) is 11.1. The first kappa shape index (κ1) is 11.8. The molecule has 16 heavy (non-hydrogen) atoms. The number of anilines is 1. The Balaban J connectivity index is 2.26. The summed E-state index contributed by atoms with van der Waals surface area (Å²) in [6.07, 6.45) is 4.69. The van der Waals surface area contributed by atoms with Gasteiger partial charge in [0, 0.05) is 12.7 Å². The van der Waals surface area contributed by atoms with E-state index in [-0.39, 0.29) is 6.10 Å². The van der Waals surface area contributed by atoms with Gasteiger partial charge in [0.2, 0.25) is 0 Å². The van der Waals surface area contributed by atoms with Crippen molar-refractivity contribution in [3.8, 4) is 0 Å². The van der Waals surface area contributed by atoms with Gasteiger partial charge in [-0.15, -0.1) is 0 Å². The summed E-state index contributed by atoms with van der Waals surface area (Å²) in [4.78, 5) is 10.6. The standard InChI is InChI=1S/C11H16BrN3O/c1-3-9-6-16-8(2)5-15(9)11-10(12)4-13-7-14-11/h4,7-9H,3,5-6H2,1-2H3. The molecule has 1 aliphatic heterocycles. The first-order valence-corrected chi connectivity index (χ1v) is 6.35. The van der Waals surface area contributed by atoms with Gasteiger partial charge in [0.1, 0.15) is 12.1 Å². The van der Waals surface area contributed by atoms with Gasteiger partial charge in [-0.3, -0.25) is 0 Å². The summed E-state index contributed by atoms with van der Waals surface area (Å²) in [5.41, 5.74) is 0. The van der Waals surface area contributed by atoms with Gasteiger partial charge in [0.25, 0.3) is 0 Å². The van der Waals surface area contributed by atoms with Crippen LogP contribution in [0.2, 0.25) is 0 Å². The minimum atomic E-state index is 0.254. The van der Waals surface area contributed by atoms with Crippen LogP contribution in [-0.2, 0) is 4.74 Å². The van der Waals surface area contributed by atoms with E-state index < -0.39 is 0 Å². The van der Waals surface area contributed by atoms with Gasteiger partial charge in [-0.05, 0) is 29.3 Å². The number of rotatable bonds is 2. The van der Waals surface area contributed by atoms with Gasteiger partial charge in [0.15, 0.2) is 0 Å². The molecule has 0 aromatic carbocycles. The van der Waals surface area contributed by atoms with E-state index in [0.717, 1.165) is 29.9 Å². The largest absolute Gasteiger partial charge is 0.375 e. The molecule has 0 spiro atoms. The van der Waals surface area contributed by atoms with Crippen molar-refractivity contribution in [2.45, 2.75) is 32.4 Å². The maximum Gasteiger partial charge on any atom is 0.146 e. The molecule has 0 aliphatic carbocycles. The molecule has 1 aliphatic rings. The van der Waals surface area contributed by atoms with Crippen LogP contribution in [0.15, 0.2) is 17.0 Å². The topological polar surface area (TPSA) is 38.2 Å². The minimum Gasteiger partial charge on any atom is -0.375 e. The summed E-state index contributed by atoms with van der Waals surface area (Å²) in [5, 5.41) is 0. The molecule has 1 saturated heterocycles. The van der Waals surface area contributed by atoms with Crippen molar-refractivity contribution in [3.05, 3.63) is 17.0 Å². The Kier molecular flexibility index (Phi) is 3.76. The SMILES string of the molecule is CCC1COC(C)CN1c1ncncc1Br. The van der Waals surface area contributed by atoms with Crippen LogP contribution >= 0.6 is 15.9 Å². The predicted molar refractivity (Wildman–Crippen MR) is 66.6 cm³/mol. The smallest absolute Gasteiger partial charge is 0.146 e. The number of ether oxygens (including phenoxy) is 1. The fraction of sp³-hybridized carbons (Fsp3) is 0.636. The molecule has 88 valence electrons. The number of nitrogens with zero attached hydrogens (tertiary/aromatic N) is 3. The lowest BCUT2D eigenvalue weighted by Crippen LogP contribution is -2.49. The number of hydrogen-bond donors (Lipinski definition) is 0. The van der Waals surface area contributed by atoms with Gasteiger partial charge in [-0.25, -0.2) is 9.97 Å². The van der Waals surface area contributed by atoms with E-state index in [1.165, 1.54) is 0 Å². The molecular weight excluding hydrogens is 270 g/mol. The van der Waals surface area contributed by atoms with E-state index in [2.05, 4.69) is 44.6 Å². The van der Waals surface area contributed by atoms with Crippen LogP contribution in [0, 0.1) is 0 Å². The summed E-state index contributed by atoms with van der Waals surface area (Å²) in [5.74, 6) is 0.969. The maximum absolute atomic E-state index is 5.67. The second-order valence-corrected chi connectivity index (χ2v) is 4.91. The third kappa shape index (κ3) is 2.35. The molecule has 0 radical (unpaired) electrons. The number of morpholine rings is 1. The van der Waals surface area contributed by atoms with Crippen LogP contribution in [0.1, 0.15) is 20.3 Å². The second-order valence-electron chi connectivity index (χ2n) is 4.05. The van der Waals surface area contributed by atoms with E-state index >= 15 is 0 Å². The highest BCUT2D eigenvalue weighted by Gasteiger charge is 2.27. The van der Waals surface area contributed by atoms with Crippen molar-refractivity contribution < 1.29 is 4.74 Å². The summed E-state index contributed by atoms with van der Waals surface area (Å²) in [6.45, 7) is 5.92. The van der Waals surface area contributed by atoms with Crippen molar-refractivity contribution in [1.29, 1.82) is 0 Å². The summed E-state index contributed by atoms with van der Waals surface area (Å²) in [7, 11) is 0. The van der Waals surface area contributed by atoms with Gasteiger partial charge in [-0.1, -0.05) is 6.92 Å². The molecule has 2 rings (SSSR count). The van der Waals surface area contributed by atoms with Crippen LogP contribution in [0.5, 0.6) is 0 Å². The highest BCUT2D eigenvalue weighted by atomic mass is 79.9. The van der Waals surface area contributed by atoms with Crippen molar-refractivity contribution in [1.82, 2.24) is 9.97 Å². The molecule has 0 N–H and O–H groups in total. The molecule has 0 amide bonds. The molecule has 4 nitrogen and oxygen atoms in total. The number of aromatic nitrogens is 2. The Morgan fingerprint density at radius 2 is 2.44 bits per heavy atom. The van der Waals surface area contributed by atoms with E-state index in [9.17, 15) is 0 Å². The molecule has 5 heteroatoms. The molecule has 0 saturated carbocycles. The van der Waals surface area contributed by atoms with Crippen LogP contribution < -0.4 is 4.90 Å². The quantitative estimate of drug-likeness (QED) is 0.835. The average Bonchev–Trinajstić information content (AvgIpc) is 2.29. The Hall–Kier alpha value is -0.680. The molecule has 1 aromatic heterocycles. The van der Waals surface area contributed by atoms with Gasteiger partial charge in [-0.2, -0.15) is 0 Å². The molecule has 0 bridgehead atoms. The first-order valence-electron chi connectivity index (χ1n) is 5.56. The zero-order valence-electron chi connectivity index (χ0n) is 9.56. The third-order valence-electron chi connectivity index (χ3n) is 2.86. The lowest BCUT2D eigenvalue weighted by molar-refractivity contribution is 0.0295. The second kappa shape index (κ2) is 5.10. The Morgan fingerprint density at radius 3 is 3.12 bits per heavy atom. The number of hydrogen-bond acceptors (Lipinski definition) is 4. The van der Waals surface area contributed by atoms with Crippen LogP contribution in [0.4, 0.5) is 5.82 Å². The minimum absolute atomic E-state index is 0.254. The highest BCUT2D eigenvalue weighted by molar-refractivity contribution is 9.10. The van der Waals surface area contributed by atoms with E-state index in [4.69, 9.17) is 4.74 Å². The molecule has 2 unspecified atom stereocenters. The lowest BCUT2D eigenvalue weighted by atomic mass is 10.1. The molecule has 1 aromatic rings. The summed E-state index contributed by atoms with van der Waals surface area (Å²) in [6, 6.07) is 0.405. The zero-order chi connectivity index (χ0) is 11.5. The molecule has 2 heterocycles. The first-order chi connectivity index (χ1) is 7.72. The van der Waals surface area contributed by atoms with E-state index in [0.29, 0.717) is 6.04 Å². The Labute approximate surface area is 104 Å². The predicted octanol–water partition coefficient (Wildman–Crippen LogP) is 2.24. The van der Waals surface area contributed by atoms with E-state index in [1.807, 2.05) is 0 Å².